The quantitative estimate of drug-likeness (QED) is 0.538. The van der Waals surface area contributed by atoms with Gasteiger partial charge in [0.15, 0.2) is 0 Å². The maximum atomic E-state index is 12.1. The average Bonchev–Trinajstić information content (AvgIpc) is 2.68. The molecule has 0 radical (unpaired) electrons. The number of rotatable bonds is 6. The number of thioether (sulfide) groups is 1. The van der Waals surface area contributed by atoms with Crippen molar-refractivity contribution in [2.45, 2.75) is 57.5 Å². The van der Waals surface area contributed by atoms with Gasteiger partial charge >= 0.3 is 12.0 Å². The molecule has 1 aromatic heterocycles. The van der Waals surface area contributed by atoms with Crippen molar-refractivity contribution in [3.8, 4) is 6.07 Å². The van der Waals surface area contributed by atoms with Crippen molar-refractivity contribution in [3.05, 3.63) is 22.9 Å². The Hall–Kier alpha value is -2.60. The van der Waals surface area contributed by atoms with E-state index in [9.17, 15) is 19.6 Å². The molecule has 0 bridgehead atoms. The lowest BCUT2D eigenvalue weighted by Crippen LogP contribution is -2.48. The van der Waals surface area contributed by atoms with Gasteiger partial charge in [-0.15, -0.1) is 0 Å². The average molecular weight is 419 g/mol. The molecular weight excluding hydrogens is 392 g/mol. The van der Waals surface area contributed by atoms with E-state index >= 15 is 0 Å². The molecule has 0 saturated heterocycles. The van der Waals surface area contributed by atoms with Crippen LogP contribution < -0.4 is 10.6 Å². The number of urea groups is 1. The van der Waals surface area contributed by atoms with E-state index in [1.807, 2.05) is 6.07 Å². The first-order valence-electron chi connectivity index (χ1n) is 9.67. The first kappa shape index (κ1) is 22.7. The standard InChI is InChI=1S/C20H26N4O4S/c1-4-28-19(26)15-9-14(10-21)18(22-13(15)3)29-11-17(25)24-20(27)23-16-8-6-5-7-12(16)2/h9,12,16H,4-8,11H2,1-3H3,(H2,23,24,25,27)/t12-,16-/m0/s1. The Morgan fingerprint density at radius 3 is 2.72 bits per heavy atom. The second-order valence-corrected chi connectivity index (χ2v) is 7.95. The van der Waals surface area contributed by atoms with E-state index in [1.54, 1.807) is 13.8 Å². The van der Waals surface area contributed by atoms with Gasteiger partial charge in [0.25, 0.3) is 0 Å². The van der Waals surface area contributed by atoms with Gasteiger partial charge in [0.2, 0.25) is 5.91 Å². The number of nitriles is 1. The fraction of sp³-hybridized carbons (Fsp3) is 0.550. The van der Waals surface area contributed by atoms with Crippen LogP contribution in [0.3, 0.4) is 0 Å². The molecule has 0 aliphatic heterocycles. The zero-order valence-corrected chi connectivity index (χ0v) is 17.7. The summed E-state index contributed by atoms with van der Waals surface area (Å²) in [6.07, 6.45) is 4.22. The van der Waals surface area contributed by atoms with E-state index in [0.29, 0.717) is 16.6 Å². The lowest BCUT2D eigenvalue weighted by atomic mass is 9.86. The summed E-state index contributed by atoms with van der Waals surface area (Å²) in [5, 5.41) is 14.9. The highest BCUT2D eigenvalue weighted by atomic mass is 32.2. The minimum Gasteiger partial charge on any atom is -0.462 e. The number of carbonyl (C=O) groups excluding carboxylic acids is 3. The van der Waals surface area contributed by atoms with Crippen molar-refractivity contribution in [1.82, 2.24) is 15.6 Å². The van der Waals surface area contributed by atoms with E-state index in [2.05, 4.69) is 22.5 Å². The van der Waals surface area contributed by atoms with Crippen LogP contribution in [-0.4, -0.2) is 41.3 Å². The molecule has 1 aliphatic carbocycles. The van der Waals surface area contributed by atoms with Crippen molar-refractivity contribution in [1.29, 1.82) is 5.26 Å². The Balaban J connectivity index is 1.93. The highest BCUT2D eigenvalue weighted by Gasteiger charge is 2.23. The smallest absolute Gasteiger partial charge is 0.340 e. The molecule has 2 rings (SSSR count). The molecule has 0 unspecified atom stereocenters. The van der Waals surface area contributed by atoms with Crippen LogP contribution in [0.4, 0.5) is 4.79 Å². The minimum absolute atomic E-state index is 0.0759. The maximum absolute atomic E-state index is 12.1. The van der Waals surface area contributed by atoms with Crippen molar-refractivity contribution < 1.29 is 19.1 Å². The van der Waals surface area contributed by atoms with Gasteiger partial charge in [-0.25, -0.2) is 14.6 Å². The number of esters is 1. The molecule has 3 amide bonds. The second-order valence-electron chi connectivity index (χ2n) is 6.98. The van der Waals surface area contributed by atoms with E-state index in [4.69, 9.17) is 4.74 Å². The van der Waals surface area contributed by atoms with Crippen molar-refractivity contribution >= 4 is 29.7 Å². The molecule has 29 heavy (non-hydrogen) atoms. The first-order chi connectivity index (χ1) is 13.8. The molecule has 1 fully saturated rings. The van der Waals surface area contributed by atoms with Crippen molar-refractivity contribution in [2.75, 3.05) is 12.4 Å². The number of hydrogen-bond donors (Lipinski definition) is 2. The van der Waals surface area contributed by atoms with Gasteiger partial charge < -0.3 is 10.1 Å². The zero-order valence-electron chi connectivity index (χ0n) is 16.9. The third-order valence-corrected chi connectivity index (χ3v) is 5.81. The summed E-state index contributed by atoms with van der Waals surface area (Å²) in [5.41, 5.74) is 0.810. The number of amides is 3. The summed E-state index contributed by atoms with van der Waals surface area (Å²) in [5.74, 6) is -0.707. The fourth-order valence-electron chi connectivity index (χ4n) is 3.22. The van der Waals surface area contributed by atoms with Crippen LogP contribution in [0.2, 0.25) is 0 Å². The number of hydrogen-bond acceptors (Lipinski definition) is 7. The number of nitrogens with zero attached hydrogens (tertiary/aromatic N) is 2. The van der Waals surface area contributed by atoms with Crippen LogP contribution in [0.25, 0.3) is 0 Å². The number of aryl methyl sites for hydroxylation is 1. The molecule has 1 heterocycles. The lowest BCUT2D eigenvalue weighted by Gasteiger charge is -2.29. The van der Waals surface area contributed by atoms with E-state index < -0.39 is 17.9 Å². The predicted molar refractivity (Wildman–Crippen MR) is 108 cm³/mol. The predicted octanol–water partition coefficient (Wildman–Crippen LogP) is 2.94. The van der Waals surface area contributed by atoms with Gasteiger partial charge in [0.05, 0.1) is 29.2 Å². The van der Waals surface area contributed by atoms with Gasteiger partial charge in [-0.05, 0) is 38.7 Å². The number of imide groups is 1. The van der Waals surface area contributed by atoms with Crippen molar-refractivity contribution in [2.24, 2.45) is 5.92 Å². The topological polar surface area (TPSA) is 121 Å². The molecule has 1 aromatic rings. The number of carbonyl (C=O) groups is 3. The molecule has 9 heteroatoms. The summed E-state index contributed by atoms with van der Waals surface area (Å²) < 4.78 is 4.96. The largest absolute Gasteiger partial charge is 0.462 e. The summed E-state index contributed by atoms with van der Waals surface area (Å²) >= 11 is 1.04. The highest BCUT2D eigenvalue weighted by molar-refractivity contribution is 8.00. The Morgan fingerprint density at radius 2 is 2.07 bits per heavy atom. The molecule has 2 N–H and O–H groups in total. The Labute approximate surface area is 174 Å². The number of pyridine rings is 1. The summed E-state index contributed by atoms with van der Waals surface area (Å²) in [4.78, 5) is 40.4. The molecule has 8 nitrogen and oxygen atoms in total. The molecule has 0 aromatic carbocycles. The summed E-state index contributed by atoms with van der Waals surface area (Å²) in [7, 11) is 0. The van der Waals surface area contributed by atoms with Gasteiger partial charge in [-0.2, -0.15) is 5.26 Å². The number of aromatic nitrogens is 1. The number of nitrogens with one attached hydrogen (secondary N) is 2. The van der Waals surface area contributed by atoms with Gasteiger partial charge in [0.1, 0.15) is 11.1 Å². The minimum atomic E-state index is -0.545. The Kier molecular flexibility index (Phi) is 8.46. The summed E-state index contributed by atoms with van der Waals surface area (Å²) in [6.45, 7) is 5.65. The van der Waals surface area contributed by atoms with Crippen LogP contribution in [0, 0.1) is 24.2 Å². The first-order valence-corrected chi connectivity index (χ1v) is 10.7. The van der Waals surface area contributed by atoms with Gasteiger partial charge in [-0.1, -0.05) is 31.5 Å². The molecule has 1 aliphatic rings. The van der Waals surface area contributed by atoms with E-state index in [-0.39, 0.29) is 29.5 Å². The van der Waals surface area contributed by atoms with Crippen molar-refractivity contribution in [3.63, 3.8) is 0 Å². The SMILES string of the molecule is CCOC(=O)c1cc(C#N)c(SCC(=O)NC(=O)N[C@H]2CCCC[C@@H]2C)nc1C. The number of ether oxygens (including phenoxy) is 1. The van der Waals surface area contributed by atoms with Crippen LogP contribution in [0.15, 0.2) is 11.1 Å². The zero-order chi connectivity index (χ0) is 21.4. The van der Waals surface area contributed by atoms with Crippen LogP contribution in [-0.2, 0) is 9.53 Å². The molecule has 1 saturated carbocycles. The molecular formula is C20H26N4O4S. The molecule has 0 spiro atoms. The Morgan fingerprint density at radius 1 is 1.34 bits per heavy atom. The molecule has 2 atom stereocenters. The normalized spacial score (nSPS) is 18.4. The third kappa shape index (κ3) is 6.46. The van der Waals surface area contributed by atoms with Gasteiger partial charge in [0, 0.05) is 6.04 Å². The van der Waals surface area contributed by atoms with E-state index in [0.717, 1.165) is 31.0 Å². The fourth-order valence-corrected chi connectivity index (χ4v) is 4.02. The van der Waals surface area contributed by atoms with Crippen LogP contribution in [0.5, 0.6) is 0 Å². The second kappa shape index (κ2) is 10.8. The van der Waals surface area contributed by atoms with E-state index in [1.165, 1.54) is 12.5 Å². The van der Waals surface area contributed by atoms with Gasteiger partial charge in [-0.3, -0.25) is 10.1 Å². The maximum Gasteiger partial charge on any atom is 0.340 e. The third-order valence-electron chi connectivity index (χ3n) is 4.81. The van der Waals surface area contributed by atoms with Crippen LogP contribution >= 0.6 is 11.8 Å². The van der Waals surface area contributed by atoms with Crippen LogP contribution in [0.1, 0.15) is 61.1 Å². The monoisotopic (exact) mass is 418 g/mol. The lowest BCUT2D eigenvalue weighted by molar-refractivity contribution is -0.117. The molecule has 156 valence electrons. The summed E-state index contributed by atoms with van der Waals surface area (Å²) in [6, 6.07) is 2.97. The highest BCUT2D eigenvalue weighted by Crippen LogP contribution is 2.24. The Bertz CT molecular complexity index is 821.